The molecule has 0 radical (unpaired) electrons. The molecular weight excluding hydrogens is 340 g/mol. The van der Waals surface area contributed by atoms with Crippen molar-refractivity contribution in [3.8, 4) is 11.3 Å². The van der Waals surface area contributed by atoms with Gasteiger partial charge in [-0.3, -0.25) is 9.48 Å². The molecule has 0 aliphatic heterocycles. The zero-order chi connectivity index (χ0) is 18.0. The number of carboxylic acids is 1. The van der Waals surface area contributed by atoms with Crippen LogP contribution >= 0.6 is 11.3 Å². The number of carboxylic acid groups (broad SMARTS) is 1. The first kappa shape index (κ1) is 16.8. The molecule has 0 aliphatic carbocycles. The van der Waals surface area contributed by atoms with Crippen molar-refractivity contribution in [2.45, 2.75) is 13.3 Å². The van der Waals surface area contributed by atoms with Gasteiger partial charge < -0.3 is 10.4 Å². The van der Waals surface area contributed by atoms with Gasteiger partial charge in [0.15, 0.2) is 5.13 Å². The third-order valence-electron chi connectivity index (χ3n) is 3.64. The average molecular weight is 356 g/mol. The van der Waals surface area contributed by atoms with Crippen molar-refractivity contribution < 1.29 is 14.7 Å². The number of carbonyl (C=O) groups is 2. The van der Waals surface area contributed by atoms with E-state index in [0.717, 1.165) is 17.0 Å². The zero-order valence-electron chi connectivity index (χ0n) is 13.7. The normalized spacial score (nSPS) is 10.6. The lowest BCUT2D eigenvalue weighted by Gasteiger charge is -2.05. The van der Waals surface area contributed by atoms with Gasteiger partial charge in [0.25, 0.3) is 0 Å². The van der Waals surface area contributed by atoms with Crippen molar-refractivity contribution in [1.29, 1.82) is 0 Å². The highest BCUT2D eigenvalue weighted by Gasteiger charge is 2.15. The molecular formula is C17H16N4O3S. The second-order valence-corrected chi connectivity index (χ2v) is 6.39. The molecule has 1 aromatic carbocycles. The monoisotopic (exact) mass is 356 g/mol. The standard InChI is InChI=1S/C17H16N4O3S/c1-10-13(8-21(2)20-10)14-9-25-17(18-14)19-15(22)7-11-5-3-4-6-12(11)16(23)24/h3-6,8-9H,7H2,1-2H3,(H,23,24)(H,18,19,22). The maximum atomic E-state index is 12.2. The van der Waals surface area contributed by atoms with E-state index in [2.05, 4.69) is 15.4 Å². The topological polar surface area (TPSA) is 97.1 Å². The lowest BCUT2D eigenvalue weighted by atomic mass is 10.0. The van der Waals surface area contributed by atoms with E-state index >= 15 is 0 Å². The van der Waals surface area contributed by atoms with Crippen LogP contribution in [0.15, 0.2) is 35.8 Å². The molecule has 0 aliphatic rings. The number of carbonyl (C=O) groups excluding carboxylic acids is 1. The van der Waals surface area contributed by atoms with Crippen LogP contribution in [0.4, 0.5) is 5.13 Å². The summed E-state index contributed by atoms with van der Waals surface area (Å²) in [5.74, 6) is -1.36. The number of anilines is 1. The first-order chi connectivity index (χ1) is 11.9. The minimum atomic E-state index is -1.05. The van der Waals surface area contributed by atoms with Crippen molar-refractivity contribution >= 4 is 28.3 Å². The lowest BCUT2D eigenvalue weighted by Crippen LogP contribution is -2.16. The lowest BCUT2D eigenvalue weighted by molar-refractivity contribution is -0.115. The summed E-state index contributed by atoms with van der Waals surface area (Å²) < 4.78 is 1.71. The van der Waals surface area contributed by atoms with Gasteiger partial charge in [0.2, 0.25) is 5.91 Å². The van der Waals surface area contributed by atoms with E-state index < -0.39 is 5.97 Å². The third-order valence-corrected chi connectivity index (χ3v) is 4.40. The van der Waals surface area contributed by atoms with Gasteiger partial charge in [-0.25, -0.2) is 9.78 Å². The number of aromatic nitrogens is 3. The molecule has 0 saturated carbocycles. The Kier molecular flexibility index (Phi) is 4.62. The van der Waals surface area contributed by atoms with Crippen LogP contribution in [-0.4, -0.2) is 31.7 Å². The maximum Gasteiger partial charge on any atom is 0.335 e. The molecule has 128 valence electrons. The summed E-state index contributed by atoms with van der Waals surface area (Å²) in [6.45, 7) is 1.90. The summed E-state index contributed by atoms with van der Waals surface area (Å²) in [5, 5.41) is 18.5. The Hall–Kier alpha value is -3.00. The van der Waals surface area contributed by atoms with Crippen LogP contribution in [0.1, 0.15) is 21.6 Å². The molecule has 2 heterocycles. The van der Waals surface area contributed by atoms with Crippen molar-refractivity contribution in [2.24, 2.45) is 7.05 Å². The number of aromatic carboxylic acids is 1. The van der Waals surface area contributed by atoms with Crippen molar-refractivity contribution in [2.75, 3.05) is 5.32 Å². The van der Waals surface area contributed by atoms with Gasteiger partial charge in [0.1, 0.15) is 0 Å². The molecule has 0 unspecified atom stereocenters. The van der Waals surface area contributed by atoms with Crippen LogP contribution < -0.4 is 5.32 Å². The quantitative estimate of drug-likeness (QED) is 0.733. The Bertz CT molecular complexity index is 945. The number of hydrogen-bond acceptors (Lipinski definition) is 5. The van der Waals surface area contributed by atoms with Crippen LogP contribution in [0.2, 0.25) is 0 Å². The highest BCUT2D eigenvalue weighted by atomic mass is 32.1. The van der Waals surface area contributed by atoms with Gasteiger partial charge in [-0.2, -0.15) is 5.10 Å². The Morgan fingerprint density at radius 1 is 1.32 bits per heavy atom. The number of benzene rings is 1. The Morgan fingerprint density at radius 2 is 2.08 bits per heavy atom. The van der Waals surface area contributed by atoms with Crippen LogP contribution in [0.3, 0.4) is 0 Å². The molecule has 0 spiro atoms. The van der Waals surface area contributed by atoms with Crippen molar-refractivity contribution in [1.82, 2.24) is 14.8 Å². The number of nitrogens with zero attached hydrogens (tertiary/aromatic N) is 3. The molecule has 0 saturated heterocycles. The number of rotatable bonds is 5. The first-order valence-corrected chi connectivity index (χ1v) is 8.39. The summed E-state index contributed by atoms with van der Waals surface area (Å²) in [5.41, 5.74) is 3.12. The molecule has 7 nitrogen and oxygen atoms in total. The predicted molar refractivity (Wildman–Crippen MR) is 94.8 cm³/mol. The van der Waals surface area contributed by atoms with E-state index in [4.69, 9.17) is 0 Å². The predicted octanol–water partition coefficient (Wildman–Crippen LogP) is 2.73. The summed E-state index contributed by atoms with van der Waals surface area (Å²) in [7, 11) is 1.84. The highest BCUT2D eigenvalue weighted by molar-refractivity contribution is 7.14. The number of aryl methyl sites for hydroxylation is 2. The molecule has 25 heavy (non-hydrogen) atoms. The molecule has 8 heteroatoms. The molecule has 3 aromatic rings. The third kappa shape index (κ3) is 3.74. The summed E-state index contributed by atoms with van der Waals surface area (Å²) in [4.78, 5) is 27.8. The molecule has 3 rings (SSSR count). The maximum absolute atomic E-state index is 12.2. The fraction of sp³-hybridized carbons (Fsp3) is 0.176. The van der Waals surface area contributed by atoms with Crippen LogP contribution in [-0.2, 0) is 18.3 Å². The average Bonchev–Trinajstić information content (AvgIpc) is 3.13. The first-order valence-electron chi connectivity index (χ1n) is 7.51. The fourth-order valence-electron chi connectivity index (χ4n) is 2.53. The summed E-state index contributed by atoms with van der Waals surface area (Å²) in [6.07, 6.45) is 1.85. The highest BCUT2D eigenvalue weighted by Crippen LogP contribution is 2.26. The fourth-order valence-corrected chi connectivity index (χ4v) is 3.25. The van der Waals surface area contributed by atoms with Gasteiger partial charge in [-0.1, -0.05) is 18.2 Å². The largest absolute Gasteiger partial charge is 0.478 e. The van der Waals surface area contributed by atoms with Gasteiger partial charge in [0.05, 0.1) is 23.4 Å². The second-order valence-electron chi connectivity index (χ2n) is 5.53. The van der Waals surface area contributed by atoms with Crippen LogP contribution in [0.5, 0.6) is 0 Å². The molecule has 0 bridgehead atoms. The number of hydrogen-bond donors (Lipinski definition) is 2. The molecule has 0 fully saturated rings. The van der Waals surface area contributed by atoms with Crippen molar-refractivity contribution in [3.05, 3.63) is 52.7 Å². The van der Waals surface area contributed by atoms with Gasteiger partial charge in [-0.15, -0.1) is 11.3 Å². The van der Waals surface area contributed by atoms with E-state index in [0.29, 0.717) is 10.7 Å². The minimum Gasteiger partial charge on any atom is -0.478 e. The van der Waals surface area contributed by atoms with Gasteiger partial charge in [0, 0.05) is 24.2 Å². The van der Waals surface area contributed by atoms with Crippen LogP contribution in [0, 0.1) is 6.92 Å². The van der Waals surface area contributed by atoms with Crippen molar-refractivity contribution in [3.63, 3.8) is 0 Å². The Labute approximate surface area is 148 Å². The molecule has 2 N–H and O–H groups in total. The van der Waals surface area contributed by atoms with Gasteiger partial charge in [-0.05, 0) is 18.6 Å². The van der Waals surface area contributed by atoms with E-state index in [9.17, 15) is 14.7 Å². The molecule has 0 atom stereocenters. The smallest absolute Gasteiger partial charge is 0.335 e. The number of thiazole rings is 1. The second kappa shape index (κ2) is 6.86. The summed E-state index contributed by atoms with van der Waals surface area (Å²) >= 11 is 1.32. The van der Waals surface area contributed by atoms with E-state index in [1.165, 1.54) is 17.4 Å². The van der Waals surface area contributed by atoms with E-state index in [1.54, 1.807) is 22.9 Å². The molecule has 2 aromatic heterocycles. The number of nitrogens with one attached hydrogen (secondary N) is 1. The Morgan fingerprint density at radius 3 is 2.76 bits per heavy atom. The van der Waals surface area contributed by atoms with Crippen LogP contribution in [0.25, 0.3) is 11.3 Å². The zero-order valence-corrected chi connectivity index (χ0v) is 14.5. The SMILES string of the molecule is Cc1nn(C)cc1-c1csc(NC(=O)Cc2ccccc2C(=O)O)n1. The molecule has 1 amide bonds. The Balaban J connectivity index is 1.72. The number of amides is 1. The minimum absolute atomic E-state index is 0.0245. The summed E-state index contributed by atoms with van der Waals surface area (Å²) in [6, 6.07) is 6.46. The van der Waals surface area contributed by atoms with E-state index in [-0.39, 0.29) is 17.9 Å². The van der Waals surface area contributed by atoms with E-state index in [1.807, 2.05) is 25.5 Å². The van der Waals surface area contributed by atoms with Gasteiger partial charge >= 0.3 is 5.97 Å².